The van der Waals surface area contributed by atoms with Crippen molar-refractivity contribution in [3.8, 4) is 0 Å². The van der Waals surface area contributed by atoms with Gasteiger partial charge in [-0.2, -0.15) is 0 Å². The molecule has 0 aliphatic heterocycles. The molecule has 0 saturated heterocycles. The quantitative estimate of drug-likeness (QED) is 0.486. The Labute approximate surface area is 141 Å². The first kappa shape index (κ1) is 17.5. The van der Waals surface area contributed by atoms with Crippen molar-refractivity contribution in [2.45, 2.75) is 11.8 Å². The molecule has 0 fully saturated rings. The van der Waals surface area contributed by atoms with Crippen LogP contribution in [0.1, 0.15) is 26.3 Å². The lowest BCUT2D eigenvalue weighted by atomic mass is 10.1. The van der Waals surface area contributed by atoms with Crippen LogP contribution in [0.25, 0.3) is 0 Å². The van der Waals surface area contributed by atoms with E-state index >= 15 is 0 Å². The van der Waals surface area contributed by atoms with E-state index in [9.17, 15) is 24.8 Å². The third-order valence-corrected chi connectivity index (χ3v) is 4.08. The van der Waals surface area contributed by atoms with Crippen molar-refractivity contribution in [1.82, 2.24) is 0 Å². The van der Waals surface area contributed by atoms with Gasteiger partial charge in [0, 0.05) is 16.6 Å². The van der Waals surface area contributed by atoms with Crippen molar-refractivity contribution in [1.29, 1.82) is 0 Å². The Balaban J connectivity index is 2.35. The SMILES string of the molecule is CSc1ccc(NC(=O)c2ccc(C)cc2[N+](=O)[O-])cc1C(=O)O. The first-order valence-electron chi connectivity index (χ1n) is 6.81. The number of hydrogen-bond donors (Lipinski definition) is 2. The van der Waals surface area contributed by atoms with E-state index in [1.165, 1.54) is 30.0 Å². The molecule has 2 aromatic carbocycles. The van der Waals surface area contributed by atoms with Crippen molar-refractivity contribution in [2.75, 3.05) is 11.6 Å². The first-order chi connectivity index (χ1) is 11.3. The van der Waals surface area contributed by atoms with Crippen LogP contribution < -0.4 is 5.32 Å². The number of thioether (sulfide) groups is 1. The first-order valence-corrected chi connectivity index (χ1v) is 8.03. The highest BCUT2D eigenvalue weighted by Crippen LogP contribution is 2.25. The molecule has 0 radical (unpaired) electrons. The number of carbonyl (C=O) groups is 2. The summed E-state index contributed by atoms with van der Waals surface area (Å²) >= 11 is 1.27. The van der Waals surface area contributed by atoms with E-state index < -0.39 is 16.8 Å². The number of carboxylic acids is 1. The molecule has 2 aromatic rings. The zero-order chi connectivity index (χ0) is 17.9. The van der Waals surface area contributed by atoms with Gasteiger partial charge in [0.15, 0.2) is 0 Å². The second-order valence-corrected chi connectivity index (χ2v) is 5.80. The number of nitro groups is 1. The van der Waals surface area contributed by atoms with E-state index in [0.29, 0.717) is 10.5 Å². The van der Waals surface area contributed by atoms with E-state index in [-0.39, 0.29) is 22.5 Å². The van der Waals surface area contributed by atoms with Crippen LogP contribution >= 0.6 is 11.8 Å². The number of carboxylic acid groups (broad SMARTS) is 1. The highest BCUT2D eigenvalue weighted by molar-refractivity contribution is 7.98. The molecule has 2 rings (SSSR count). The molecule has 0 aliphatic carbocycles. The average Bonchev–Trinajstić information content (AvgIpc) is 2.54. The van der Waals surface area contributed by atoms with Gasteiger partial charge < -0.3 is 10.4 Å². The van der Waals surface area contributed by atoms with Gasteiger partial charge in [-0.25, -0.2) is 4.79 Å². The monoisotopic (exact) mass is 346 g/mol. The molecule has 0 heterocycles. The molecule has 0 unspecified atom stereocenters. The van der Waals surface area contributed by atoms with Crippen molar-refractivity contribution in [3.63, 3.8) is 0 Å². The molecule has 1 amide bonds. The number of amides is 1. The van der Waals surface area contributed by atoms with Gasteiger partial charge in [0.2, 0.25) is 0 Å². The van der Waals surface area contributed by atoms with Gasteiger partial charge in [0.05, 0.1) is 10.5 Å². The van der Waals surface area contributed by atoms with Crippen LogP contribution in [0.15, 0.2) is 41.3 Å². The second-order valence-electron chi connectivity index (χ2n) is 4.95. The van der Waals surface area contributed by atoms with Crippen LogP contribution in [0, 0.1) is 17.0 Å². The molecule has 0 bridgehead atoms. The molecular formula is C16H14N2O5S. The summed E-state index contributed by atoms with van der Waals surface area (Å²) in [6.45, 7) is 1.69. The maximum absolute atomic E-state index is 12.3. The fourth-order valence-electron chi connectivity index (χ4n) is 2.14. The minimum absolute atomic E-state index is 0.0544. The smallest absolute Gasteiger partial charge is 0.336 e. The zero-order valence-electron chi connectivity index (χ0n) is 12.9. The Morgan fingerprint density at radius 3 is 2.46 bits per heavy atom. The molecule has 124 valence electrons. The lowest BCUT2D eigenvalue weighted by Gasteiger charge is -2.09. The number of hydrogen-bond acceptors (Lipinski definition) is 5. The Morgan fingerprint density at radius 2 is 1.88 bits per heavy atom. The molecule has 2 N–H and O–H groups in total. The number of rotatable bonds is 5. The Hall–Kier alpha value is -2.87. The summed E-state index contributed by atoms with van der Waals surface area (Å²) < 4.78 is 0. The molecule has 7 nitrogen and oxygen atoms in total. The van der Waals surface area contributed by atoms with Crippen LogP contribution in [-0.2, 0) is 0 Å². The summed E-state index contributed by atoms with van der Waals surface area (Å²) in [5.41, 5.74) is 0.586. The van der Waals surface area contributed by atoms with Gasteiger partial charge in [-0.1, -0.05) is 6.07 Å². The fraction of sp³-hybridized carbons (Fsp3) is 0.125. The van der Waals surface area contributed by atoms with Crippen LogP contribution in [0.5, 0.6) is 0 Å². The summed E-state index contributed by atoms with van der Waals surface area (Å²) in [4.78, 5) is 34.6. The summed E-state index contributed by atoms with van der Waals surface area (Å²) in [5, 5.41) is 22.8. The summed E-state index contributed by atoms with van der Waals surface area (Å²) in [7, 11) is 0. The van der Waals surface area contributed by atoms with E-state index in [2.05, 4.69) is 5.32 Å². The van der Waals surface area contributed by atoms with Gasteiger partial charge in [-0.3, -0.25) is 14.9 Å². The molecular weight excluding hydrogens is 332 g/mol. The van der Waals surface area contributed by atoms with E-state index in [1.54, 1.807) is 31.4 Å². The third kappa shape index (κ3) is 3.72. The molecule has 0 spiro atoms. The molecule has 8 heteroatoms. The van der Waals surface area contributed by atoms with Crippen molar-refractivity contribution in [2.24, 2.45) is 0 Å². The van der Waals surface area contributed by atoms with Crippen molar-refractivity contribution >= 4 is 35.0 Å². The Morgan fingerprint density at radius 1 is 1.17 bits per heavy atom. The average molecular weight is 346 g/mol. The lowest BCUT2D eigenvalue weighted by Crippen LogP contribution is -2.14. The summed E-state index contributed by atoms with van der Waals surface area (Å²) in [6, 6.07) is 8.74. The number of benzene rings is 2. The van der Waals surface area contributed by atoms with Gasteiger partial charge in [0.25, 0.3) is 11.6 Å². The van der Waals surface area contributed by atoms with E-state index in [0.717, 1.165) is 0 Å². The predicted octanol–water partition coefficient (Wildman–Crippen LogP) is 3.58. The van der Waals surface area contributed by atoms with Crippen LogP contribution in [0.4, 0.5) is 11.4 Å². The van der Waals surface area contributed by atoms with Gasteiger partial charge >= 0.3 is 5.97 Å². The van der Waals surface area contributed by atoms with E-state index in [1.807, 2.05) is 0 Å². The standard InChI is InChI=1S/C16H14N2O5S/c1-9-3-5-11(13(7-9)18(22)23)15(19)17-10-4-6-14(24-2)12(8-10)16(20)21/h3-8H,1-2H3,(H,17,19)(H,20,21). The van der Waals surface area contributed by atoms with E-state index in [4.69, 9.17) is 0 Å². The number of carbonyl (C=O) groups excluding carboxylic acids is 1. The fourth-order valence-corrected chi connectivity index (χ4v) is 2.71. The molecule has 0 saturated carbocycles. The maximum Gasteiger partial charge on any atom is 0.336 e. The summed E-state index contributed by atoms with van der Waals surface area (Å²) in [6.07, 6.45) is 1.75. The molecule has 24 heavy (non-hydrogen) atoms. The highest BCUT2D eigenvalue weighted by Gasteiger charge is 2.21. The number of nitro benzene ring substituents is 1. The van der Waals surface area contributed by atoms with Crippen LogP contribution in [-0.4, -0.2) is 28.2 Å². The largest absolute Gasteiger partial charge is 0.478 e. The van der Waals surface area contributed by atoms with Crippen molar-refractivity contribution in [3.05, 3.63) is 63.2 Å². The third-order valence-electron chi connectivity index (χ3n) is 3.28. The van der Waals surface area contributed by atoms with Crippen LogP contribution in [0.2, 0.25) is 0 Å². The topological polar surface area (TPSA) is 110 Å². The predicted molar refractivity (Wildman–Crippen MR) is 91.0 cm³/mol. The van der Waals surface area contributed by atoms with Crippen molar-refractivity contribution < 1.29 is 19.6 Å². The number of anilines is 1. The number of aryl methyl sites for hydroxylation is 1. The normalized spacial score (nSPS) is 10.2. The van der Waals surface area contributed by atoms with Gasteiger partial charge in [0.1, 0.15) is 5.56 Å². The minimum atomic E-state index is -1.11. The maximum atomic E-state index is 12.3. The number of aromatic carboxylic acids is 1. The molecule has 0 atom stereocenters. The number of nitrogens with one attached hydrogen (secondary N) is 1. The second kappa shape index (κ2) is 7.14. The Bertz CT molecular complexity index is 835. The minimum Gasteiger partial charge on any atom is -0.478 e. The Kier molecular flexibility index (Phi) is 5.20. The zero-order valence-corrected chi connectivity index (χ0v) is 13.7. The number of nitrogens with zero attached hydrogens (tertiary/aromatic N) is 1. The van der Waals surface area contributed by atoms with Gasteiger partial charge in [-0.05, 0) is 43.0 Å². The summed E-state index contributed by atoms with van der Waals surface area (Å²) in [5.74, 6) is -1.79. The highest BCUT2D eigenvalue weighted by atomic mass is 32.2. The molecule has 0 aromatic heterocycles. The lowest BCUT2D eigenvalue weighted by molar-refractivity contribution is -0.385. The molecule has 0 aliphatic rings. The van der Waals surface area contributed by atoms with Gasteiger partial charge in [-0.15, -0.1) is 11.8 Å². The van der Waals surface area contributed by atoms with Crippen LogP contribution in [0.3, 0.4) is 0 Å².